The number of halogens is 5. The van der Waals surface area contributed by atoms with E-state index in [0.717, 1.165) is 27.5 Å². The maximum atomic E-state index is 15.0. The van der Waals surface area contributed by atoms with Crippen molar-refractivity contribution in [3.05, 3.63) is 80.5 Å². The van der Waals surface area contributed by atoms with Gasteiger partial charge < -0.3 is 5.11 Å². The predicted molar refractivity (Wildman–Crippen MR) is 110 cm³/mol. The number of hydrogen-bond acceptors (Lipinski definition) is 3. The van der Waals surface area contributed by atoms with Crippen molar-refractivity contribution in [1.82, 2.24) is 5.32 Å². The fraction of sp³-hybridized carbons (Fsp3) is 0.158. The molecule has 2 N–H and O–H groups in total. The normalized spacial score (nSPS) is 22.4. The van der Waals surface area contributed by atoms with Crippen LogP contribution < -0.4 is 5.32 Å². The molecule has 0 amide bonds. The lowest BCUT2D eigenvalue weighted by Gasteiger charge is -2.30. The molecular weight excluding hydrogens is 479 g/mol. The molecule has 0 radical (unpaired) electrons. The van der Waals surface area contributed by atoms with E-state index in [0.29, 0.717) is 10.0 Å². The van der Waals surface area contributed by atoms with Crippen molar-refractivity contribution in [2.75, 3.05) is 0 Å². The van der Waals surface area contributed by atoms with Crippen LogP contribution in [0.4, 0.5) is 8.78 Å². The third kappa shape index (κ3) is 4.94. The molecule has 2 aromatic carbocycles. The van der Waals surface area contributed by atoms with E-state index in [4.69, 9.17) is 23.2 Å². The third-order valence-electron chi connectivity index (χ3n) is 3.92. The van der Waals surface area contributed by atoms with Gasteiger partial charge in [0.2, 0.25) is 5.79 Å². The minimum Gasteiger partial charge on any atom is -0.381 e. The van der Waals surface area contributed by atoms with Crippen molar-refractivity contribution in [3.63, 3.8) is 0 Å². The molecule has 2 atom stereocenters. The van der Waals surface area contributed by atoms with Gasteiger partial charge in [0.15, 0.2) is 6.10 Å². The maximum absolute atomic E-state index is 15.0. The summed E-state index contributed by atoms with van der Waals surface area (Å²) in [6.07, 6.45) is 0.238. The molecule has 0 fully saturated rings. The lowest BCUT2D eigenvalue weighted by molar-refractivity contribution is 0.00812. The van der Waals surface area contributed by atoms with E-state index in [1.165, 1.54) is 11.8 Å². The van der Waals surface area contributed by atoms with Gasteiger partial charge in [0.05, 0.1) is 10.0 Å². The Kier molecular flexibility index (Phi) is 6.66. The maximum Gasteiger partial charge on any atom is 0.214 e. The Morgan fingerprint density at radius 3 is 2.67 bits per heavy atom. The highest BCUT2D eigenvalue weighted by Crippen LogP contribution is 2.35. The smallest absolute Gasteiger partial charge is 0.214 e. The monoisotopic (exact) mass is 491 g/mol. The Balaban J connectivity index is 1.78. The summed E-state index contributed by atoms with van der Waals surface area (Å²) in [4.78, 5) is 1.75. The topological polar surface area (TPSA) is 32.3 Å². The van der Waals surface area contributed by atoms with Crippen LogP contribution in [0.15, 0.2) is 74.7 Å². The number of hydrogen-bond donors (Lipinski definition) is 2. The van der Waals surface area contributed by atoms with Crippen molar-refractivity contribution in [2.45, 2.75) is 28.2 Å². The highest BCUT2D eigenvalue weighted by atomic mass is 79.9. The fourth-order valence-electron chi connectivity index (χ4n) is 2.53. The number of nitrogens with one attached hydrogen (secondary N) is 1. The molecule has 0 saturated heterocycles. The number of allylic oxidation sites excluding steroid dienone is 2. The number of alkyl halides is 1. The summed E-state index contributed by atoms with van der Waals surface area (Å²) in [6.45, 7) is 0.0854. The lowest BCUT2D eigenvalue weighted by Crippen LogP contribution is -2.50. The molecule has 3 rings (SSSR count). The molecule has 1 aliphatic rings. The fourth-order valence-corrected chi connectivity index (χ4v) is 4.43. The van der Waals surface area contributed by atoms with Crippen molar-refractivity contribution in [3.8, 4) is 0 Å². The summed E-state index contributed by atoms with van der Waals surface area (Å²) in [7, 11) is 0. The molecule has 0 aromatic heterocycles. The van der Waals surface area contributed by atoms with Crippen LogP contribution in [-0.4, -0.2) is 17.0 Å². The van der Waals surface area contributed by atoms with Gasteiger partial charge in [-0.2, -0.15) is 0 Å². The van der Waals surface area contributed by atoms with Gasteiger partial charge in [0.25, 0.3) is 0 Å². The summed E-state index contributed by atoms with van der Waals surface area (Å²) in [5.74, 6) is -3.36. The molecule has 0 saturated carbocycles. The zero-order valence-corrected chi connectivity index (χ0v) is 17.6. The van der Waals surface area contributed by atoms with Gasteiger partial charge in [0, 0.05) is 20.8 Å². The Labute approximate surface area is 178 Å². The highest BCUT2D eigenvalue weighted by molar-refractivity contribution is 9.11. The SMILES string of the molecule is OC1C(F)=CC(Br)=CC1(F)NCc1ccccc1Sc1ccc(Cl)c(Cl)c1. The van der Waals surface area contributed by atoms with E-state index in [2.05, 4.69) is 21.2 Å². The van der Waals surface area contributed by atoms with Crippen molar-refractivity contribution < 1.29 is 13.9 Å². The molecule has 27 heavy (non-hydrogen) atoms. The van der Waals surface area contributed by atoms with Gasteiger partial charge in [-0.3, -0.25) is 5.32 Å². The Hall–Kier alpha value is -0.890. The van der Waals surface area contributed by atoms with E-state index < -0.39 is 17.7 Å². The van der Waals surface area contributed by atoms with Crippen molar-refractivity contribution >= 4 is 50.9 Å². The molecule has 2 unspecified atom stereocenters. The van der Waals surface area contributed by atoms with Gasteiger partial charge in [-0.25, -0.2) is 8.78 Å². The van der Waals surface area contributed by atoms with Crippen LogP contribution in [0.5, 0.6) is 0 Å². The van der Waals surface area contributed by atoms with E-state index in [-0.39, 0.29) is 11.0 Å². The number of rotatable bonds is 5. The second-order valence-corrected chi connectivity index (χ2v) is 8.71. The second-order valence-electron chi connectivity index (χ2n) is 5.87. The molecule has 0 spiro atoms. The predicted octanol–water partition coefficient (Wildman–Crippen LogP) is 6.41. The van der Waals surface area contributed by atoms with Crippen LogP contribution >= 0.6 is 50.9 Å². The second kappa shape index (κ2) is 8.64. The molecule has 8 heteroatoms. The Bertz CT molecular complexity index is 924. The Morgan fingerprint density at radius 2 is 1.93 bits per heavy atom. The van der Waals surface area contributed by atoms with E-state index in [1.807, 2.05) is 30.3 Å². The van der Waals surface area contributed by atoms with Crippen molar-refractivity contribution in [2.24, 2.45) is 0 Å². The van der Waals surface area contributed by atoms with Crippen molar-refractivity contribution in [1.29, 1.82) is 0 Å². The van der Waals surface area contributed by atoms with E-state index >= 15 is 4.39 Å². The number of aliphatic hydroxyl groups excluding tert-OH is 1. The van der Waals surface area contributed by atoms with Gasteiger partial charge in [0.1, 0.15) is 5.83 Å². The Morgan fingerprint density at radius 1 is 1.19 bits per heavy atom. The standard InChI is InChI=1S/C19H14BrCl2F2NOS/c20-12-7-16(23)18(26)19(24,9-12)25-10-11-3-1-2-4-17(11)27-13-5-6-14(21)15(22)8-13/h1-9,18,25-26H,10H2. The van der Waals surface area contributed by atoms with Crippen LogP contribution in [-0.2, 0) is 6.54 Å². The highest BCUT2D eigenvalue weighted by Gasteiger charge is 2.41. The molecule has 0 heterocycles. The first-order chi connectivity index (χ1) is 12.8. The third-order valence-corrected chi connectivity index (χ3v) is 6.23. The molecule has 0 aliphatic heterocycles. The van der Waals surface area contributed by atoms with Gasteiger partial charge >= 0.3 is 0 Å². The average molecular weight is 493 g/mol. The first kappa shape index (κ1) is 20.8. The summed E-state index contributed by atoms with van der Waals surface area (Å²) in [6, 6.07) is 12.7. The first-order valence-electron chi connectivity index (χ1n) is 7.87. The van der Waals surface area contributed by atoms with Gasteiger partial charge in [-0.1, -0.05) is 69.1 Å². The quantitative estimate of drug-likeness (QED) is 0.473. The van der Waals surface area contributed by atoms with Crippen LogP contribution in [0.2, 0.25) is 10.0 Å². The largest absolute Gasteiger partial charge is 0.381 e. The zero-order valence-electron chi connectivity index (χ0n) is 13.7. The number of benzene rings is 2. The lowest BCUT2D eigenvalue weighted by atomic mass is 10.0. The summed E-state index contributed by atoms with van der Waals surface area (Å²) in [5, 5.41) is 13.4. The van der Waals surface area contributed by atoms with E-state index in [9.17, 15) is 9.50 Å². The summed E-state index contributed by atoms with van der Waals surface area (Å²) >= 11 is 16.5. The van der Waals surface area contributed by atoms with Crippen LogP contribution in [0, 0.1) is 0 Å². The summed E-state index contributed by atoms with van der Waals surface area (Å²) in [5.41, 5.74) is 0.789. The molecule has 2 nitrogen and oxygen atoms in total. The first-order valence-corrected chi connectivity index (χ1v) is 10.2. The zero-order chi connectivity index (χ0) is 19.6. The summed E-state index contributed by atoms with van der Waals surface area (Å²) < 4.78 is 29.0. The van der Waals surface area contributed by atoms with Gasteiger partial charge in [-0.15, -0.1) is 0 Å². The van der Waals surface area contributed by atoms with Crippen LogP contribution in [0.3, 0.4) is 0 Å². The molecular formula is C19H14BrCl2F2NOS. The molecule has 0 bridgehead atoms. The van der Waals surface area contributed by atoms with Crippen LogP contribution in [0.25, 0.3) is 0 Å². The minimum atomic E-state index is -2.42. The van der Waals surface area contributed by atoms with Gasteiger partial charge in [-0.05, 0) is 42.0 Å². The molecule has 142 valence electrons. The molecule has 1 aliphatic carbocycles. The number of aliphatic hydroxyl groups is 1. The molecule has 2 aromatic rings. The van der Waals surface area contributed by atoms with E-state index in [1.54, 1.807) is 12.1 Å². The van der Waals surface area contributed by atoms with Crippen LogP contribution in [0.1, 0.15) is 5.56 Å². The minimum absolute atomic E-state index is 0.0854. The average Bonchev–Trinajstić information content (AvgIpc) is 2.62.